The Morgan fingerprint density at radius 3 is 1.58 bits per heavy atom. The number of carbonyl (C=O) groups is 2. The van der Waals surface area contributed by atoms with Gasteiger partial charge in [-0.2, -0.15) is 0 Å². The van der Waals surface area contributed by atoms with E-state index in [0.29, 0.717) is 6.42 Å². The molecule has 6 heteroatoms. The second-order valence-corrected chi connectivity index (χ2v) is 14.0. The lowest BCUT2D eigenvalue weighted by molar-refractivity contribution is -0.161. The first-order valence-electron chi connectivity index (χ1n) is 20.0. The molecule has 0 heterocycles. The van der Waals surface area contributed by atoms with Gasteiger partial charge in [0.15, 0.2) is 6.10 Å². The van der Waals surface area contributed by atoms with Crippen LogP contribution in [0.3, 0.4) is 0 Å². The van der Waals surface area contributed by atoms with Crippen LogP contribution in [-0.2, 0) is 19.1 Å². The van der Waals surface area contributed by atoms with Crippen LogP contribution >= 0.6 is 0 Å². The SMILES string of the molecule is CC/C=C/C/C=C/C=C/C(O)CCCCCCCC(=O)O[C@@H](CO)COC(=O)CCCCCCCCCCCCCCCCCC(C)C. The molecule has 2 atom stereocenters. The largest absolute Gasteiger partial charge is 0.462 e. The fourth-order valence-electron chi connectivity index (χ4n) is 5.69. The van der Waals surface area contributed by atoms with E-state index in [9.17, 15) is 19.8 Å². The van der Waals surface area contributed by atoms with Crippen LogP contribution in [0.15, 0.2) is 36.5 Å². The molecular weight excluding hydrogens is 600 g/mol. The molecule has 48 heavy (non-hydrogen) atoms. The highest BCUT2D eigenvalue weighted by atomic mass is 16.6. The van der Waals surface area contributed by atoms with Crippen LogP contribution in [-0.4, -0.2) is 47.6 Å². The normalized spacial score (nSPS) is 13.3. The highest BCUT2D eigenvalue weighted by Gasteiger charge is 2.16. The third-order valence-electron chi connectivity index (χ3n) is 8.73. The second-order valence-electron chi connectivity index (χ2n) is 14.0. The van der Waals surface area contributed by atoms with E-state index in [1.54, 1.807) is 0 Å². The van der Waals surface area contributed by atoms with Crippen molar-refractivity contribution >= 4 is 11.9 Å². The molecule has 0 amide bonds. The van der Waals surface area contributed by atoms with E-state index in [1.807, 2.05) is 18.2 Å². The van der Waals surface area contributed by atoms with Crippen LogP contribution in [0.2, 0.25) is 0 Å². The number of hydrogen-bond donors (Lipinski definition) is 2. The lowest BCUT2D eigenvalue weighted by atomic mass is 10.0. The fraction of sp³-hybridized carbons (Fsp3) is 0.810. The first-order valence-corrected chi connectivity index (χ1v) is 20.0. The summed E-state index contributed by atoms with van der Waals surface area (Å²) in [5.41, 5.74) is 0. The van der Waals surface area contributed by atoms with Crippen molar-refractivity contribution in [3.05, 3.63) is 36.5 Å². The molecule has 6 nitrogen and oxygen atoms in total. The van der Waals surface area contributed by atoms with Gasteiger partial charge >= 0.3 is 11.9 Å². The Balaban J connectivity index is 3.61. The van der Waals surface area contributed by atoms with Crippen molar-refractivity contribution in [3.8, 4) is 0 Å². The van der Waals surface area contributed by atoms with Gasteiger partial charge in [0.2, 0.25) is 0 Å². The summed E-state index contributed by atoms with van der Waals surface area (Å²) in [6.45, 7) is 6.29. The van der Waals surface area contributed by atoms with Gasteiger partial charge in [-0.15, -0.1) is 0 Å². The summed E-state index contributed by atoms with van der Waals surface area (Å²) >= 11 is 0. The summed E-state index contributed by atoms with van der Waals surface area (Å²) in [6.07, 6.45) is 39.4. The smallest absolute Gasteiger partial charge is 0.306 e. The molecule has 0 rings (SSSR count). The molecule has 0 saturated heterocycles. The number of allylic oxidation sites excluding steroid dienone is 5. The first-order chi connectivity index (χ1) is 23.4. The highest BCUT2D eigenvalue weighted by Crippen LogP contribution is 2.16. The van der Waals surface area contributed by atoms with Crippen molar-refractivity contribution in [1.82, 2.24) is 0 Å². The van der Waals surface area contributed by atoms with Crippen LogP contribution in [0.25, 0.3) is 0 Å². The van der Waals surface area contributed by atoms with E-state index >= 15 is 0 Å². The number of esters is 2. The topological polar surface area (TPSA) is 93.1 Å². The Kier molecular flexibility index (Phi) is 34.9. The summed E-state index contributed by atoms with van der Waals surface area (Å²) in [4.78, 5) is 24.3. The number of aliphatic hydroxyl groups is 2. The van der Waals surface area contributed by atoms with E-state index in [-0.39, 0.29) is 31.6 Å². The molecule has 0 aromatic heterocycles. The molecule has 0 aliphatic heterocycles. The zero-order chi connectivity index (χ0) is 35.3. The number of carbonyl (C=O) groups excluding carboxylic acids is 2. The second kappa shape index (κ2) is 36.4. The number of hydrogen-bond acceptors (Lipinski definition) is 6. The molecule has 280 valence electrons. The molecule has 0 radical (unpaired) electrons. The van der Waals surface area contributed by atoms with Gasteiger partial charge in [-0.25, -0.2) is 0 Å². The van der Waals surface area contributed by atoms with Crippen LogP contribution < -0.4 is 0 Å². The Morgan fingerprint density at radius 2 is 1.08 bits per heavy atom. The molecule has 0 bridgehead atoms. The van der Waals surface area contributed by atoms with E-state index < -0.39 is 12.2 Å². The van der Waals surface area contributed by atoms with Crippen molar-refractivity contribution in [2.75, 3.05) is 13.2 Å². The third-order valence-corrected chi connectivity index (χ3v) is 8.73. The predicted molar refractivity (Wildman–Crippen MR) is 202 cm³/mol. The lowest BCUT2D eigenvalue weighted by Gasteiger charge is -2.15. The molecule has 0 aromatic rings. The molecule has 0 aliphatic carbocycles. The average Bonchev–Trinajstić information content (AvgIpc) is 3.06. The van der Waals surface area contributed by atoms with Crippen LogP contribution in [0, 0.1) is 5.92 Å². The van der Waals surface area contributed by atoms with Crippen molar-refractivity contribution in [2.24, 2.45) is 5.92 Å². The van der Waals surface area contributed by atoms with Gasteiger partial charge < -0.3 is 19.7 Å². The fourth-order valence-corrected chi connectivity index (χ4v) is 5.69. The average molecular weight is 677 g/mol. The molecule has 0 aromatic carbocycles. The van der Waals surface area contributed by atoms with Crippen LogP contribution in [0.1, 0.15) is 188 Å². The minimum absolute atomic E-state index is 0.0954. The Hall–Kier alpha value is -1.92. The first kappa shape index (κ1) is 46.1. The summed E-state index contributed by atoms with van der Waals surface area (Å²) < 4.78 is 10.6. The van der Waals surface area contributed by atoms with Gasteiger partial charge in [-0.1, -0.05) is 179 Å². The monoisotopic (exact) mass is 677 g/mol. The minimum atomic E-state index is -0.807. The standard InChI is InChI=1S/C42H76O6/c1-4-5-6-7-17-22-27-32-39(44)33-28-23-20-25-30-35-42(46)48-40(36-43)37-47-41(45)34-29-24-19-16-14-12-10-8-9-11-13-15-18-21-26-31-38(2)3/h5-6,17,22,27,32,38-40,43-44H,4,7-16,18-21,23-26,28-31,33-37H2,1-3H3/b6-5+,22-17+,32-27+/t39?,40-/m0/s1. The van der Waals surface area contributed by atoms with Crippen molar-refractivity contribution in [1.29, 1.82) is 0 Å². The van der Waals surface area contributed by atoms with E-state index in [1.165, 1.54) is 83.5 Å². The van der Waals surface area contributed by atoms with Gasteiger partial charge in [0.25, 0.3) is 0 Å². The molecule has 2 N–H and O–H groups in total. The molecule has 0 fully saturated rings. The van der Waals surface area contributed by atoms with Crippen LogP contribution in [0.5, 0.6) is 0 Å². The van der Waals surface area contributed by atoms with Gasteiger partial charge in [0, 0.05) is 12.8 Å². The number of aliphatic hydroxyl groups excluding tert-OH is 2. The Labute approximate surface area is 296 Å². The maximum absolute atomic E-state index is 12.2. The summed E-state index contributed by atoms with van der Waals surface area (Å²) in [5.74, 6) is 0.186. The highest BCUT2D eigenvalue weighted by molar-refractivity contribution is 5.70. The molecular formula is C42H76O6. The summed E-state index contributed by atoms with van der Waals surface area (Å²) in [6, 6.07) is 0. The predicted octanol–water partition coefficient (Wildman–Crippen LogP) is 11.3. The van der Waals surface area contributed by atoms with Crippen LogP contribution in [0.4, 0.5) is 0 Å². The molecule has 0 aliphatic rings. The van der Waals surface area contributed by atoms with Gasteiger partial charge in [-0.05, 0) is 38.0 Å². The minimum Gasteiger partial charge on any atom is -0.462 e. The number of rotatable bonds is 35. The van der Waals surface area contributed by atoms with Gasteiger partial charge in [0.05, 0.1) is 12.7 Å². The van der Waals surface area contributed by atoms with Crippen molar-refractivity contribution in [2.45, 2.75) is 200 Å². The van der Waals surface area contributed by atoms with E-state index in [4.69, 9.17) is 9.47 Å². The molecule has 0 saturated carbocycles. The Bertz CT molecular complexity index is 802. The zero-order valence-electron chi connectivity index (χ0n) is 31.5. The van der Waals surface area contributed by atoms with Gasteiger partial charge in [0.1, 0.15) is 6.61 Å². The maximum Gasteiger partial charge on any atom is 0.306 e. The van der Waals surface area contributed by atoms with E-state index in [2.05, 4.69) is 39.0 Å². The van der Waals surface area contributed by atoms with Gasteiger partial charge in [-0.3, -0.25) is 9.59 Å². The lowest BCUT2D eigenvalue weighted by Crippen LogP contribution is -2.28. The summed E-state index contributed by atoms with van der Waals surface area (Å²) in [5, 5.41) is 19.6. The Morgan fingerprint density at radius 1 is 0.604 bits per heavy atom. The van der Waals surface area contributed by atoms with Crippen molar-refractivity contribution in [3.63, 3.8) is 0 Å². The molecule has 0 spiro atoms. The van der Waals surface area contributed by atoms with Crippen molar-refractivity contribution < 1.29 is 29.3 Å². The quantitative estimate of drug-likeness (QED) is 0.0300. The summed E-state index contributed by atoms with van der Waals surface area (Å²) in [7, 11) is 0. The zero-order valence-corrected chi connectivity index (χ0v) is 31.5. The molecule has 1 unspecified atom stereocenters. The number of unbranched alkanes of at least 4 members (excludes halogenated alkanes) is 18. The third kappa shape index (κ3) is 35.4. The maximum atomic E-state index is 12.2. The number of ether oxygens (including phenoxy) is 2. The van der Waals surface area contributed by atoms with E-state index in [0.717, 1.165) is 76.5 Å².